The number of aliphatic hydroxyl groups is 1. The van der Waals surface area contributed by atoms with Gasteiger partial charge < -0.3 is 40.7 Å². The summed E-state index contributed by atoms with van der Waals surface area (Å²) in [4.78, 5) is 48.8. The average molecular weight is 768 g/mol. The van der Waals surface area contributed by atoms with Crippen LogP contribution in [0.4, 0.5) is 0 Å². The number of methoxy groups -OCH3 is 2. The fourth-order valence-corrected chi connectivity index (χ4v) is 5.97. The van der Waals surface area contributed by atoms with Crippen molar-refractivity contribution in [2.75, 3.05) is 34.4 Å². The van der Waals surface area contributed by atoms with Crippen molar-refractivity contribution in [1.82, 2.24) is 20.4 Å². The maximum atomic E-state index is 12.5. The topological polar surface area (TPSA) is 164 Å². The van der Waals surface area contributed by atoms with Gasteiger partial charge in [-0.3, -0.25) is 19.2 Å². The van der Waals surface area contributed by atoms with Crippen LogP contribution in [-0.4, -0.2) is 110 Å². The van der Waals surface area contributed by atoms with Gasteiger partial charge in [0.2, 0.25) is 24.6 Å². The fourth-order valence-electron chi connectivity index (χ4n) is 5.97. The van der Waals surface area contributed by atoms with Crippen LogP contribution >= 0.6 is 0 Å². The minimum absolute atomic E-state index is 0.0156. The SMILES string of the molecule is CC.CC(NC=O)C(O)c1ccccc1.CCC.CCC(C)C(C(CC)OC)N(C)C(=O)CNC(=O)C(N)C(C)C.COC(C(C)C)C1CCCN1C=O. The highest BCUT2D eigenvalue weighted by Gasteiger charge is 2.33. The molecular formula is C42H81N5O7. The first-order valence-electron chi connectivity index (χ1n) is 20.1. The van der Waals surface area contributed by atoms with Gasteiger partial charge in [-0.05, 0) is 49.5 Å². The van der Waals surface area contributed by atoms with E-state index in [0.29, 0.717) is 24.3 Å². The number of nitrogens with zero attached hydrogens (tertiary/aromatic N) is 2. The Bertz CT molecular complexity index is 1070. The van der Waals surface area contributed by atoms with Crippen LogP contribution in [0.1, 0.15) is 127 Å². The maximum Gasteiger partial charge on any atom is 0.242 e. The Morgan fingerprint density at radius 3 is 1.93 bits per heavy atom. The second-order valence-corrected chi connectivity index (χ2v) is 14.2. The molecule has 0 spiro atoms. The van der Waals surface area contributed by atoms with Crippen LogP contribution in [0.15, 0.2) is 30.3 Å². The monoisotopic (exact) mass is 768 g/mol. The summed E-state index contributed by atoms with van der Waals surface area (Å²) in [6.45, 7) is 25.1. The van der Waals surface area contributed by atoms with E-state index in [1.165, 1.54) is 6.42 Å². The molecule has 54 heavy (non-hydrogen) atoms. The van der Waals surface area contributed by atoms with Gasteiger partial charge in [-0.15, -0.1) is 0 Å². The number of rotatable bonds is 18. The lowest BCUT2D eigenvalue weighted by atomic mass is 9.91. The molecule has 1 aliphatic rings. The minimum Gasteiger partial charge on any atom is -0.386 e. The Hall–Kier alpha value is -3.06. The molecule has 1 heterocycles. The number of carbonyl (C=O) groups is 4. The minimum atomic E-state index is -0.647. The zero-order valence-corrected chi connectivity index (χ0v) is 36.6. The zero-order valence-electron chi connectivity index (χ0n) is 36.6. The van der Waals surface area contributed by atoms with Gasteiger partial charge in [0, 0.05) is 27.8 Å². The number of benzene rings is 1. The first kappa shape index (κ1) is 55.3. The number of nitrogens with one attached hydrogen (secondary N) is 2. The summed E-state index contributed by atoms with van der Waals surface area (Å²) in [6, 6.07) is 8.66. The normalized spacial score (nSPS) is 17.1. The van der Waals surface area contributed by atoms with Gasteiger partial charge in [-0.2, -0.15) is 0 Å². The third-order valence-corrected chi connectivity index (χ3v) is 9.32. The van der Waals surface area contributed by atoms with Crippen LogP contribution in [-0.2, 0) is 28.7 Å². The molecule has 5 N–H and O–H groups in total. The lowest BCUT2D eigenvalue weighted by Gasteiger charge is -2.37. The van der Waals surface area contributed by atoms with Crippen molar-refractivity contribution < 1.29 is 33.8 Å². The van der Waals surface area contributed by atoms with Gasteiger partial charge in [0.1, 0.15) is 0 Å². The van der Waals surface area contributed by atoms with Crippen LogP contribution in [0.2, 0.25) is 0 Å². The van der Waals surface area contributed by atoms with Crippen molar-refractivity contribution >= 4 is 24.6 Å². The van der Waals surface area contributed by atoms with Gasteiger partial charge in [-0.1, -0.05) is 119 Å². The second kappa shape index (κ2) is 33.3. The summed E-state index contributed by atoms with van der Waals surface area (Å²) in [5.41, 5.74) is 6.60. The molecule has 0 aromatic heterocycles. The fraction of sp³-hybridized carbons (Fsp3) is 0.762. The molecule has 1 fully saturated rings. The summed E-state index contributed by atoms with van der Waals surface area (Å²) >= 11 is 0. The maximum absolute atomic E-state index is 12.5. The van der Waals surface area contributed by atoms with Gasteiger partial charge in [0.25, 0.3) is 0 Å². The molecule has 0 saturated carbocycles. The number of aliphatic hydroxyl groups excluding tert-OH is 1. The van der Waals surface area contributed by atoms with Crippen LogP contribution in [0, 0.1) is 17.8 Å². The quantitative estimate of drug-likeness (QED) is 0.133. The summed E-state index contributed by atoms with van der Waals surface area (Å²) in [5, 5.41) is 14.8. The lowest BCUT2D eigenvalue weighted by Crippen LogP contribution is -2.53. The van der Waals surface area contributed by atoms with E-state index in [4.69, 9.17) is 15.2 Å². The highest BCUT2D eigenvalue weighted by Crippen LogP contribution is 2.24. The first-order chi connectivity index (χ1) is 25.6. The van der Waals surface area contributed by atoms with E-state index in [9.17, 15) is 24.3 Å². The predicted octanol–water partition coefficient (Wildman–Crippen LogP) is 5.96. The first-order valence-corrected chi connectivity index (χ1v) is 20.1. The number of hydrogen-bond donors (Lipinski definition) is 4. The number of likely N-dealkylation sites (N-methyl/N-ethyl adjacent to an activating group) is 1. The van der Waals surface area contributed by atoms with Crippen molar-refractivity contribution in [2.24, 2.45) is 23.5 Å². The van der Waals surface area contributed by atoms with Gasteiger partial charge in [-0.25, -0.2) is 0 Å². The molecule has 1 aromatic rings. The van der Waals surface area contributed by atoms with Crippen LogP contribution < -0.4 is 16.4 Å². The van der Waals surface area contributed by atoms with Crippen LogP contribution in [0.5, 0.6) is 0 Å². The van der Waals surface area contributed by atoms with Crippen molar-refractivity contribution in [2.45, 2.75) is 158 Å². The number of likely N-dealkylation sites (tertiary alicyclic amines) is 1. The second-order valence-electron chi connectivity index (χ2n) is 14.2. The van der Waals surface area contributed by atoms with Crippen molar-refractivity contribution in [3.05, 3.63) is 35.9 Å². The molecule has 0 bridgehead atoms. The number of carbonyl (C=O) groups excluding carboxylic acids is 4. The van der Waals surface area contributed by atoms with E-state index in [-0.39, 0.29) is 48.6 Å². The van der Waals surface area contributed by atoms with Gasteiger partial charge >= 0.3 is 0 Å². The highest BCUT2D eigenvalue weighted by molar-refractivity contribution is 5.87. The number of hydrogen-bond acceptors (Lipinski definition) is 8. The Morgan fingerprint density at radius 1 is 0.963 bits per heavy atom. The third-order valence-electron chi connectivity index (χ3n) is 9.32. The molecule has 0 aliphatic carbocycles. The number of amides is 4. The number of ether oxygens (including phenoxy) is 2. The smallest absolute Gasteiger partial charge is 0.242 e. The van der Waals surface area contributed by atoms with E-state index < -0.39 is 12.1 Å². The largest absolute Gasteiger partial charge is 0.386 e. The Balaban J connectivity index is -0.000000715. The summed E-state index contributed by atoms with van der Waals surface area (Å²) in [7, 11) is 5.17. The molecule has 316 valence electrons. The predicted molar refractivity (Wildman–Crippen MR) is 222 cm³/mol. The van der Waals surface area contributed by atoms with Gasteiger partial charge in [0.05, 0.1) is 49.0 Å². The van der Waals surface area contributed by atoms with Gasteiger partial charge in [0.15, 0.2) is 0 Å². The molecular weight excluding hydrogens is 686 g/mol. The summed E-state index contributed by atoms with van der Waals surface area (Å²) < 4.78 is 11.0. The zero-order chi connectivity index (χ0) is 42.4. The van der Waals surface area contributed by atoms with E-state index in [1.807, 2.05) is 69.9 Å². The average Bonchev–Trinajstić information content (AvgIpc) is 3.65. The standard InChI is InChI=1S/C17H35N3O3.C10H19NO2.C10H13NO2.C3H8.C2H6/c1-8-12(5)16(13(9-2)23-7)20(6)14(21)10-19-17(22)15(18)11(3)4;1-8(2)10(13-3)9-5-4-6-11(9)7-12;1-8(11-7-12)10(13)9-5-3-2-4-6-9;1-3-2;1-2/h11-13,15-16H,8-10,18H2,1-7H3,(H,19,22);7-10H,4-6H2,1-3H3;2-8,10,13H,1H3,(H,11,12);3H2,1-2H3;1-2H3. The molecule has 1 aromatic carbocycles. The summed E-state index contributed by atoms with van der Waals surface area (Å²) in [5.74, 6) is 0.391. The molecule has 0 radical (unpaired) electrons. The Labute approximate surface area is 329 Å². The highest BCUT2D eigenvalue weighted by atomic mass is 16.5. The van der Waals surface area contributed by atoms with Crippen molar-refractivity contribution in [3.63, 3.8) is 0 Å². The molecule has 1 saturated heterocycles. The van der Waals surface area contributed by atoms with Crippen molar-refractivity contribution in [3.8, 4) is 0 Å². The molecule has 12 nitrogen and oxygen atoms in total. The molecule has 4 amide bonds. The van der Waals surface area contributed by atoms with Crippen LogP contribution in [0.3, 0.4) is 0 Å². The number of nitrogens with two attached hydrogens (primary N) is 1. The molecule has 1 aliphatic heterocycles. The molecule has 12 heteroatoms. The Morgan fingerprint density at radius 2 is 1.52 bits per heavy atom. The summed E-state index contributed by atoms with van der Waals surface area (Å²) in [6.07, 6.45) is 6.28. The van der Waals surface area contributed by atoms with Crippen LogP contribution in [0.25, 0.3) is 0 Å². The molecule has 8 atom stereocenters. The molecule has 2 rings (SSSR count). The Kier molecular flexibility index (Phi) is 34.1. The van der Waals surface area contributed by atoms with E-state index >= 15 is 0 Å². The lowest BCUT2D eigenvalue weighted by molar-refractivity contribution is -0.138. The van der Waals surface area contributed by atoms with Crippen molar-refractivity contribution in [1.29, 1.82) is 0 Å². The van der Waals surface area contributed by atoms with E-state index in [0.717, 1.165) is 44.2 Å². The van der Waals surface area contributed by atoms with E-state index in [1.54, 1.807) is 33.1 Å². The third kappa shape index (κ3) is 21.1. The van der Waals surface area contributed by atoms with E-state index in [2.05, 4.69) is 52.2 Å². The molecule has 8 unspecified atom stereocenters.